The van der Waals surface area contributed by atoms with E-state index in [0.29, 0.717) is 5.92 Å². The number of aryl methyl sites for hydroxylation is 1. The number of hydrogen-bond acceptors (Lipinski definition) is 5. The lowest BCUT2D eigenvalue weighted by atomic mass is 10.0. The third-order valence-corrected chi connectivity index (χ3v) is 6.86. The Balaban J connectivity index is 1.30. The molecule has 1 aliphatic heterocycles. The van der Waals surface area contributed by atoms with Gasteiger partial charge in [-0.15, -0.1) is 0 Å². The number of aromatic nitrogens is 1. The lowest BCUT2D eigenvalue weighted by molar-refractivity contribution is 0.0630. The topological polar surface area (TPSA) is 54.9 Å². The van der Waals surface area contributed by atoms with Crippen molar-refractivity contribution < 1.29 is 14.3 Å². The number of piperazine rings is 1. The van der Waals surface area contributed by atoms with Gasteiger partial charge in [-0.2, -0.15) is 0 Å². The first-order valence-electron chi connectivity index (χ1n) is 11.7. The van der Waals surface area contributed by atoms with Crippen LogP contribution in [-0.2, 0) is 6.54 Å². The normalized spacial score (nSPS) is 16.8. The number of rotatable bonds is 6. The molecule has 3 aromatic rings. The first-order valence-corrected chi connectivity index (χ1v) is 11.7. The van der Waals surface area contributed by atoms with E-state index in [2.05, 4.69) is 17.9 Å². The Labute approximate surface area is 195 Å². The first kappa shape index (κ1) is 21.7. The van der Waals surface area contributed by atoms with Gasteiger partial charge in [0.1, 0.15) is 0 Å². The number of carbonyl (C=O) groups is 1. The standard InChI is InChI=1S/C27H31N3O3/c1-18-14-25(32-2)26(33-3)15-20(18)17-29-10-12-30(13-11-29)27(31)22-16-24(19-8-9-19)28-23-7-5-4-6-21(22)23/h4-7,14-16,19H,8-13,17H2,1-3H3. The van der Waals surface area contributed by atoms with Gasteiger partial charge in [-0.05, 0) is 55.2 Å². The molecule has 5 rings (SSSR count). The average molecular weight is 446 g/mol. The Morgan fingerprint density at radius 3 is 2.39 bits per heavy atom. The van der Waals surface area contributed by atoms with Gasteiger partial charge in [0.25, 0.3) is 5.91 Å². The largest absolute Gasteiger partial charge is 0.493 e. The molecule has 1 amide bonds. The van der Waals surface area contributed by atoms with Crippen molar-refractivity contribution in [1.29, 1.82) is 0 Å². The number of methoxy groups -OCH3 is 2. The fraction of sp³-hybridized carbons (Fsp3) is 0.407. The van der Waals surface area contributed by atoms with Crippen molar-refractivity contribution in [2.75, 3.05) is 40.4 Å². The molecule has 172 valence electrons. The van der Waals surface area contributed by atoms with Crippen LogP contribution >= 0.6 is 0 Å². The van der Waals surface area contributed by atoms with Crippen molar-refractivity contribution >= 4 is 16.8 Å². The van der Waals surface area contributed by atoms with Crippen LogP contribution < -0.4 is 9.47 Å². The smallest absolute Gasteiger partial charge is 0.254 e. The number of benzene rings is 2. The highest BCUT2D eigenvalue weighted by atomic mass is 16.5. The third-order valence-electron chi connectivity index (χ3n) is 6.86. The summed E-state index contributed by atoms with van der Waals surface area (Å²) in [5, 5.41) is 0.954. The van der Waals surface area contributed by atoms with Crippen LogP contribution in [-0.4, -0.2) is 61.1 Å². The van der Waals surface area contributed by atoms with Crippen LogP contribution in [0, 0.1) is 6.92 Å². The van der Waals surface area contributed by atoms with Gasteiger partial charge in [0.2, 0.25) is 0 Å². The quantitative estimate of drug-likeness (QED) is 0.563. The summed E-state index contributed by atoms with van der Waals surface area (Å²) in [4.78, 5) is 22.7. The van der Waals surface area contributed by atoms with E-state index in [1.54, 1.807) is 14.2 Å². The molecular formula is C27H31N3O3. The first-order chi connectivity index (χ1) is 16.1. The lowest BCUT2D eigenvalue weighted by Gasteiger charge is -2.35. The number of fused-ring (bicyclic) bond motifs is 1. The number of pyridine rings is 1. The van der Waals surface area contributed by atoms with Gasteiger partial charge in [0.05, 0.1) is 25.3 Å². The summed E-state index contributed by atoms with van der Waals surface area (Å²) in [6.45, 7) is 6.07. The number of nitrogens with zero attached hydrogens (tertiary/aromatic N) is 3. The van der Waals surface area contributed by atoms with Gasteiger partial charge in [-0.3, -0.25) is 14.7 Å². The summed E-state index contributed by atoms with van der Waals surface area (Å²) < 4.78 is 10.9. The number of para-hydroxylation sites is 1. The highest BCUT2D eigenvalue weighted by molar-refractivity contribution is 6.06. The zero-order valence-electron chi connectivity index (χ0n) is 19.6. The second-order valence-corrected chi connectivity index (χ2v) is 9.09. The van der Waals surface area contributed by atoms with Crippen LogP contribution in [0.3, 0.4) is 0 Å². The van der Waals surface area contributed by atoms with Gasteiger partial charge in [-0.25, -0.2) is 0 Å². The Hall–Kier alpha value is -3.12. The van der Waals surface area contributed by atoms with E-state index >= 15 is 0 Å². The summed E-state index contributed by atoms with van der Waals surface area (Å²) in [5.41, 5.74) is 5.20. The predicted octanol–water partition coefficient (Wildman–Crippen LogP) is 4.40. The zero-order chi connectivity index (χ0) is 22.9. The molecule has 6 nitrogen and oxygen atoms in total. The monoisotopic (exact) mass is 445 g/mol. The van der Waals surface area contributed by atoms with E-state index in [-0.39, 0.29) is 5.91 Å². The zero-order valence-corrected chi connectivity index (χ0v) is 19.6. The molecule has 0 radical (unpaired) electrons. The fourth-order valence-corrected chi connectivity index (χ4v) is 4.67. The SMILES string of the molecule is COc1cc(C)c(CN2CCN(C(=O)c3cc(C4CC4)nc4ccccc34)CC2)cc1OC. The van der Waals surface area contributed by atoms with E-state index in [4.69, 9.17) is 14.5 Å². The number of hydrogen-bond donors (Lipinski definition) is 0. The van der Waals surface area contributed by atoms with Crippen LogP contribution in [0.15, 0.2) is 42.5 Å². The van der Waals surface area contributed by atoms with Crippen LogP contribution in [0.5, 0.6) is 11.5 Å². The Morgan fingerprint density at radius 2 is 1.70 bits per heavy atom. The predicted molar refractivity (Wildman–Crippen MR) is 129 cm³/mol. The van der Waals surface area contributed by atoms with E-state index in [1.807, 2.05) is 41.3 Å². The van der Waals surface area contributed by atoms with Crippen LogP contribution in [0.4, 0.5) is 0 Å². The minimum Gasteiger partial charge on any atom is -0.493 e. The van der Waals surface area contributed by atoms with Gasteiger partial charge < -0.3 is 14.4 Å². The molecule has 1 aromatic heterocycles. The molecule has 33 heavy (non-hydrogen) atoms. The van der Waals surface area contributed by atoms with Gasteiger partial charge in [0.15, 0.2) is 11.5 Å². The summed E-state index contributed by atoms with van der Waals surface area (Å²) in [5.74, 6) is 2.15. The van der Waals surface area contributed by atoms with Gasteiger partial charge in [0, 0.05) is 49.7 Å². The lowest BCUT2D eigenvalue weighted by Crippen LogP contribution is -2.48. The maximum Gasteiger partial charge on any atom is 0.254 e. The summed E-state index contributed by atoms with van der Waals surface area (Å²) >= 11 is 0. The average Bonchev–Trinajstić information content (AvgIpc) is 3.70. The molecule has 2 heterocycles. The number of amides is 1. The second-order valence-electron chi connectivity index (χ2n) is 9.09. The van der Waals surface area contributed by atoms with E-state index in [9.17, 15) is 4.79 Å². The molecule has 2 aromatic carbocycles. The molecule has 0 unspecified atom stereocenters. The molecule has 1 saturated carbocycles. The van der Waals surface area contributed by atoms with Crippen molar-refractivity contribution in [3.63, 3.8) is 0 Å². The minimum absolute atomic E-state index is 0.123. The van der Waals surface area contributed by atoms with Crippen molar-refractivity contribution in [2.45, 2.75) is 32.2 Å². The highest BCUT2D eigenvalue weighted by Gasteiger charge is 2.29. The van der Waals surface area contributed by atoms with Crippen LogP contribution in [0.2, 0.25) is 0 Å². The van der Waals surface area contributed by atoms with Crippen LogP contribution in [0.1, 0.15) is 45.9 Å². The molecule has 2 aliphatic rings. The van der Waals surface area contributed by atoms with E-state index < -0.39 is 0 Å². The molecular weight excluding hydrogens is 414 g/mol. The van der Waals surface area contributed by atoms with Crippen molar-refractivity contribution in [3.8, 4) is 11.5 Å². The van der Waals surface area contributed by atoms with Gasteiger partial charge in [-0.1, -0.05) is 18.2 Å². The summed E-state index contributed by atoms with van der Waals surface area (Å²) in [6.07, 6.45) is 2.35. The van der Waals surface area contributed by atoms with Crippen molar-refractivity contribution in [3.05, 3.63) is 64.8 Å². The highest BCUT2D eigenvalue weighted by Crippen LogP contribution is 2.40. The molecule has 1 saturated heterocycles. The number of ether oxygens (including phenoxy) is 2. The Bertz CT molecular complexity index is 1180. The van der Waals surface area contributed by atoms with Gasteiger partial charge >= 0.3 is 0 Å². The molecule has 0 atom stereocenters. The fourth-order valence-electron chi connectivity index (χ4n) is 4.67. The van der Waals surface area contributed by atoms with E-state index in [0.717, 1.165) is 66.4 Å². The Morgan fingerprint density at radius 1 is 1.00 bits per heavy atom. The summed E-state index contributed by atoms with van der Waals surface area (Å²) in [7, 11) is 3.33. The maximum atomic E-state index is 13.5. The minimum atomic E-state index is 0.123. The van der Waals surface area contributed by atoms with Crippen molar-refractivity contribution in [1.82, 2.24) is 14.8 Å². The molecule has 0 bridgehead atoms. The molecule has 2 fully saturated rings. The molecule has 1 aliphatic carbocycles. The third kappa shape index (κ3) is 4.40. The summed E-state index contributed by atoms with van der Waals surface area (Å²) in [6, 6.07) is 14.1. The number of carbonyl (C=O) groups excluding carboxylic acids is 1. The Kier molecular flexibility index (Phi) is 5.94. The van der Waals surface area contributed by atoms with Crippen molar-refractivity contribution in [2.24, 2.45) is 0 Å². The maximum absolute atomic E-state index is 13.5. The molecule has 0 spiro atoms. The molecule has 0 N–H and O–H groups in total. The second kappa shape index (κ2) is 9.02. The van der Waals surface area contributed by atoms with Crippen LogP contribution in [0.25, 0.3) is 10.9 Å². The van der Waals surface area contributed by atoms with E-state index in [1.165, 1.54) is 24.0 Å². The molecule has 6 heteroatoms.